The lowest BCUT2D eigenvalue weighted by Gasteiger charge is -2.57. The molecule has 1 N–H and O–H groups in total. The Bertz CT molecular complexity index is 508. The Morgan fingerprint density at radius 3 is 2.32 bits per heavy atom. The van der Waals surface area contributed by atoms with Crippen molar-refractivity contribution in [3.63, 3.8) is 0 Å². The molecule has 0 heterocycles. The fourth-order valence-corrected chi connectivity index (χ4v) is 5.95. The van der Waals surface area contributed by atoms with Crippen LogP contribution in [0.3, 0.4) is 0 Å². The molecule has 0 aromatic carbocycles. The van der Waals surface area contributed by atoms with E-state index in [-0.39, 0.29) is 16.2 Å². The summed E-state index contributed by atoms with van der Waals surface area (Å²) < 4.78 is 0. The molecule has 3 fully saturated rings. The van der Waals surface area contributed by atoms with Crippen molar-refractivity contribution >= 4 is 5.78 Å². The van der Waals surface area contributed by atoms with E-state index in [1.54, 1.807) is 0 Å². The molecule has 124 valence electrons. The maximum absolute atomic E-state index is 13.6. The predicted molar refractivity (Wildman–Crippen MR) is 89.4 cm³/mol. The number of Topliss-reactive ketones (excluding diaryl/α,β-unsaturated/α-hetero) is 1. The van der Waals surface area contributed by atoms with Crippen molar-refractivity contribution in [2.75, 3.05) is 0 Å². The van der Waals surface area contributed by atoms with Gasteiger partial charge in [0.2, 0.25) is 0 Å². The van der Waals surface area contributed by atoms with Crippen LogP contribution in [0.25, 0.3) is 0 Å². The van der Waals surface area contributed by atoms with E-state index in [2.05, 4.69) is 40.3 Å². The molecule has 2 nitrogen and oxygen atoms in total. The van der Waals surface area contributed by atoms with Gasteiger partial charge in [0.05, 0.1) is 11.5 Å². The fraction of sp³-hybridized carbons (Fsp3) is 0.850. The van der Waals surface area contributed by atoms with Crippen LogP contribution in [-0.2, 0) is 4.79 Å². The van der Waals surface area contributed by atoms with Gasteiger partial charge < -0.3 is 5.11 Å². The number of hydrogen-bond acceptors (Lipinski definition) is 2. The maximum Gasteiger partial charge on any atom is 0.148 e. The zero-order valence-electron chi connectivity index (χ0n) is 14.7. The van der Waals surface area contributed by atoms with Crippen LogP contribution in [0.4, 0.5) is 0 Å². The van der Waals surface area contributed by atoms with Gasteiger partial charge in [-0.1, -0.05) is 33.8 Å². The van der Waals surface area contributed by atoms with Gasteiger partial charge >= 0.3 is 0 Å². The average Bonchev–Trinajstić information content (AvgIpc) is 2.70. The number of hydrogen-bond donors (Lipinski definition) is 1. The molecule has 5 atom stereocenters. The largest absolute Gasteiger partial charge is 0.392 e. The second-order valence-corrected chi connectivity index (χ2v) is 9.45. The number of fused-ring (bicyclic) bond motifs is 1. The summed E-state index contributed by atoms with van der Waals surface area (Å²) in [5.41, 5.74) is -0.640. The van der Waals surface area contributed by atoms with E-state index < -0.39 is 11.5 Å². The van der Waals surface area contributed by atoms with Crippen LogP contribution < -0.4 is 0 Å². The molecule has 3 saturated carbocycles. The summed E-state index contributed by atoms with van der Waals surface area (Å²) >= 11 is 0. The standard InChI is InChI=1S/C20H32O2/c1-6-18(4)11-12-19(5)14(13-18)7-10-20(16(19)22)15(21)8-9-17(20,2)3/h6,14-15,21H,1,7-13H2,2-5H3/t14-,15+,18-,19-,20+/m0/s1. The highest BCUT2D eigenvalue weighted by atomic mass is 16.3. The van der Waals surface area contributed by atoms with Gasteiger partial charge in [0.25, 0.3) is 0 Å². The lowest BCUT2D eigenvalue weighted by molar-refractivity contribution is -0.169. The highest BCUT2D eigenvalue weighted by Gasteiger charge is 2.66. The second kappa shape index (κ2) is 4.69. The Balaban J connectivity index is 1.98. The molecule has 3 aliphatic carbocycles. The highest BCUT2D eigenvalue weighted by molar-refractivity contribution is 5.93. The molecule has 0 amide bonds. The van der Waals surface area contributed by atoms with Crippen molar-refractivity contribution in [2.45, 2.75) is 78.7 Å². The molecular formula is C20H32O2. The second-order valence-electron chi connectivity index (χ2n) is 9.45. The van der Waals surface area contributed by atoms with Crippen molar-refractivity contribution in [1.82, 2.24) is 0 Å². The first-order valence-electron chi connectivity index (χ1n) is 8.98. The van der Waals surface area contributed by atoms with Crippen LogP contribution in [0, 0.1) is 27.6 Å². The van der Waals surface area contributed by atoms with Crippen molar-refractivity contribution < 1.29 is 9.90 Å². The number of ketones is 1. The number of carbonyl (C=O) groups is 1. The van der Waals surface area contributed by atoms with Gasteiger partial charge in [-0.3, -0.25) is 4.79 Å². The first-order valence-corrected chi connectivity index (χ1v) is 8.98. The minimum atomic E-state index is -0.500. The predicted octanol–water partition coefficient (Wildman–Crippen LogP) is 4.52. The average molecular weight is 304 g/mol. The lowest BCUT2D eigenvalue weighted by Crippen LogP contribution is -2.60. The number of aliphatic hydroxyl groups excluding tert-OH is 1. The smallest absolute Gasteiger partial charge is 0.148 e. The first kappa shape index (κ1) is 16.2. The Labute approximate surface area is 135 Å². The Hall–Kier alpha value is -0.630. The molecule has 3 aliphatic rings. The van der Waals surface area contributed by atoms with Crippen LogP contribution in [0.5, 0.6) is 0 Å². The Kier molecular flexibility index (Phi) is 3.46. The molecule has 0 aromatic heterocycles. The van der Waals surface area contributed by atoms with Crippen molar-refractivity contribution in [3.05, 3.63) is 12.7 Å². The third kappa shape index (κ3) is 1.85. The zero-order valence-corrected chi connectivity index (χ0v) is 14.7. The van der Waals surface area contributed by atoms with Crippen LogP contribution in [0.15, 0.2) is 12.7 Å². The van der Waals surface area contributed by atoms with E-state index in [0.29, 0.717) is 11.7 Å². The SMILES string of the molecule is C=C[C@@]1(C)CC[C@]2(C)C(=O)[C@@]3(CC[C@H]2C1)[C@H](O)CCC3(C)C. The monoisotopic (exact) mass is 304 g/mol. The molecule has 22 heavy (non-hydrogen) atoms. The van der Waals surface area contributed by atoms with Gasteiger partial charge in [-0.15, -0.1) is 6.58 Å². The number of carbonyl (C=O) groups excluding carboxylic acids is 1. The summed E-state index contributed by atoms with van der Waals surface area (Å²) in [6.07, 6.45) is 8.40. The van der Waals surface area contributed by atoms with Crippen LogP contribution >= 0.6 is 0 Å². The number of allylic oxidation sites excluding steroid dienone is 1. The minimum Gasteiger partial charge on any atom is -0.392 e. The molecule has 0 saturated heterocycles. The molecule has 0 aliphatic heterocycles. The Morgan fingerprint density at radius 2 is 1.77 bits per heavy atom. The first-order chi connectivity index (χ1) is 10.1. The van der Waals surface area contributed by atoms with Gasteiger partial charge in [-0.25, -0.2) is 0 Å². The summed E-state index contributed by atoms with van der Waals surface area (Å²) in [6, 6.07) is 0. The highest BCUT2D eigenvalue weighted by Crippen LogP contribution is 2.66. The maximum atomic E-state index is 13.6. The van der Waals surface area contributed by atoms with E-state index in [0.717, 1.165) is 44.9 Å². The summed E-state index contributed by atoms with van der Waals surface area (Å²) in [5.74, 6) is 0.823. The molecule has 0 unspecified atom stereocenters. The van der Waals surface area contributed by atoms with E-state index in [4.69, 9.17) is 0 Å². The summed E-state index contributed by atoms with van der Waals surface area (Å²) in [5, 5.41) is 10.7. The molecular weight excluding hydrogens is 272 g/mol. The molecule has 2 heteroatoms. The molecule has 0 aromatic rings. The van der Waals surface area contributed by atoms with E-state index in [1.165, 1.54) is 0 Å². The molecule has 1 spiro atoms. The van der Waals surface area contributed by atoms with Crippen LogP contribution in [-0.4, -0.2) is 17.0 Å². The normalized spacial score (nSPS) is 50.9. The van der Waals surface area contributed by atoms with Gasteiger partial charge in [-0.05, 0) is 61.7 Å². The third-order valence-electron chi connectivity index (χ3n) is 7.95. The van der Waals surface area contributed by atoms with Gasteiger partial charge in [0.15, 0.2) is 0 Å². The number of aliphatic hydroxyl groups is 1. The van der Waals surface area contributed by atoms with Gasteiger partial charge in [0, 0.05) is 5.41 Å². The summed E-state index contributed by atoms with van der Waals surface area (Å²) in [7, 11) is 0. The molecule has 0 radical (unpaired) electrons. The van der Waals surface area contributed by atoms with E-state index in [1.807, 2.05) is 0 Å². The Morgan fingerprint density at radius 1 is 1.09 bits per heavy atom. The molecule has 0 bridgehead atoms. The lowest BCUT2D eigenvalue weighted by atomic mass is 9.45. The zero-order chi connectivity index (χ0) is 16.4. The summed E-state index contributed by atoms with van der Waals surface area (Å²) in [6.45, 7) is 12.9. The summed E-state index contributed by atoms with van der Waals surface area (Å²) in [4.78, 5) is 13.6. The van der Waals surface area contributed by atoms with E-state index in [9.17, 15) is 9.90 Å². The van der Waals surface area contributed by atoms with E-state index >= 15 is 0 Å². The topological polar surface area (TPSA) is 37.3 Å². The van der Waals surface area contributed by atoms with Crippen molar-refractivity contribution in [2.24, 2.45) is 27.6 Å². The number of rotatable bonds is 1. The fourth-order valence-electron chi connectivity index (χ4n) is 5.95. The van der Waals surface area contributed by atoms with Gasteiger partial charge in [-0.2, -0.15) is 0 Å². The van der Waals surface area contributed by atoms with Crippen molar-refractivity contribution in [1.29, 1.82) is 0 Å². The third-order valence-corrected chi connectivity index (χ3v) is 7.95. The van der Waals surface area contributed by atoms with Crippen LogP contribution in [0.1, 0.15) is 72.6 Å². The van der Waals surface area contributed by atoms with Gasteiger partial charge in [0.1, 0.15) is 5.78 Å². The molecule has 3 rings (SSSR count). The quantitative estimate of drug-likeness (QED) is 0.723. The van der Waals surface area contributed by atoms with Crippen LogP contribution in [0.2, 0.25) is 0 Å². The van der Waals surface area contributed by atoms with Crippen molar-refractivity contribution in [3.8, 4) is 0 Å². The minimum absolute atomic E-state index is 0.0728.